The van der Waals surface area contributed by atoms with Crippen molar-refractivity contribution in [2.75, 3.05) is 0 Å². The summed E-state index contributed by atoms with van der Waals surface area (Å²) in [6, 6.07) is 9.98. The van der Waals surface area contributed by atoms with Crippen LogP contribution in [0.15, 0.2) is 41.3 Å². The number of hydrogen-bond acceptors (Lipinski definition) is 2. The molecule has 0 radical (unpaired) electrons. The van der Waals surface area contributed by atoms with Crippen molar-refractivity contribution in [2.45, 2.75) is 39.7 Å². The van der Waals surface area contributed by atoms with Crippen molar-refractivity contribution in [3.63, 3.8) is 0 Å². The van der Waals surface area contributed by atoms with E-state index in [4.69, 9.17) is 4.98 Å². The van der Waals surface area contributed by atoms with Crippen LogP contribution in [0.2, 0.25) is 0 Å². The van der Waals surface area contributed by atoms with Gasteiger partial charge in [-0.05, 0) is 32.6 Å². The van der Waals surface area contributed by atoms with E-state index in [1.807, 2.05) is 13.1 Å². The summed E-state index contributed by atoms with van der Waals surface area (Å²) in [5.41, 5.74) is 4.11. The smallest absolute Gasteiger partial charge is 0.259 e. The predicted molar refractivity (Wildman–Crippen MR) is 91.7 cm³/mol. The second kappa shape index (κ2) is 5.37. The molecule has 4 rings (SSSR count). The van der Waals surface area contributed by atoms with Gasteiger partial charge in [-0.1, -0.05) is 36.2 Å². The third kappa shape index (κ3) is 2.48. The lowest BCUT2D eigenvalue weighted by Crippen LogP contribution is -2.24. The Bertz CT molecular complexity index is 914. The summed E-state index contributed by atoms with van der Waals surface area (Å²) in [6.45, 7) is 5.03. The van der Waals surface area contributed by atoms with Crippen molar-refractivity contribution in [3.05, 3.63) is 58.1 Å². The molecule has 118 valence electrons. The minimum absolute atomic E-state index is 0.00628. The van der Waals surface area contributed by atoms with Gasteiger partial charge in [0.1, 0.15) is 0 Å². The second-order valence-electron chi connectivity index (χ2n) is 6.69. The first kappa shape index (κ1) is 14.2. The first-order valence-corrected chi connectivity index (χ1v) is 8.28. The van der Waals surface area contributed by atoms with Gasteiger partial charge in [-0.15, -0.1) is 0 Å². The molecule has 0 amide bonds. The average molecular weight is 307 g/mol. The van der Waals surface area contributed by atoms with Crippen molar-refractivity contribution in [1.29, 1.82) is 0 Å². The summed E-state index contributed by atoms with van der Waals surface area (Å²) >= 11 is 0. The van der Waals surface area contributed by atoms with Crippen LogP contribution in [0, 0.1) is 19.8 Å². The Morgan fingerprint density at radius 1 is 1.17 bits per heavy atom. The van der Waals surface area contributed by atoms with Crippen molar-refractivity contribution >= 4 is 5.78 Å². The number of benzene rings is 1. The fourth-order valence-corrected chi connectivity index (χ4v) is 3.23. The summed E-state index contributed by atoms with van der Waals surface area (Å²) in [7, 11) is 0. The normalized spacial score (nSPS) is 15.0. The van der Waals surface area contributed by atoms with E-state index in [9.17, 15) is 4.79 Å². The molecule has 0 bridgehead atoms. The number of aryl methyl sites for hydroxylation is 2. The fraction of sp³-hybridized carbons (Fsp3) is 0.368. The highest BCUT2D eigenvalue weighted by Gasteiger charge is 2.20. The Morgan fingerprint density at radius 3 is 2.57 bits per heavy atom. The summed E-state index contributed by atoms with van der Waals surface area (Å²) in [5.74, 6) is 1.48. The lowest BCUT2D eigenvalue weighted by Gasteiger charge is -2.27. The highest BCUT2D eigenvalue weighted by Crippen LogP contribution is 2.29. The van der Waals surface area contributed by atoms with Gasteiger partial charge in [0.05, 0.1) is 5.69 Å². The van der Waals surface area contributed by atoms with Gasteiger partial charge in [0.25, 0.3) is 5.56 Å². The van der Waals surface area contributed by atoms with Crippen LogP contribution in [0.5, 0.6) is 0 Å². The molecule has 1 aromatic carbocycles. The Kier molecular flexibility index (Phi) is 3.33. The molecular weight excluding hydrogens is 286 g/mol. The third-order valence-electron chi connectivity index (χ3n) is 4.94. The average Bonchev–Trinajstić information content (AvgIpc) is 2.91. The standard InChI is InChI=1S/C19H21N3O/c1-13-6-8-16(9-7-13)17-12-22-18(23)10-14(2)21(19(22)20-17)11-15-4-3-5-15/h6-10,12,15H,3-5,11H2,1-2H3. The number of rotatable bonds is 3. The lowest BCUT2D eigenvalue weighted by atomic mass is 9.85. The molecule has 2 heterocycles. The van der Waals surface area contributed by atoms with Gasteiger partial charge in [0.15, 0.2) is 0 Å². The minimum atomic E-state index is -0.00628. The second-order valence-corrected chi connectivity index (χ2v) is 6.69. The fourth-order valence-electron chi connectivity index (χ4n) is 3.23. The van der Waals surface area contributed by atoms with Gasteiger partial charge >= 0.3 is 0 Å². The molecular formula is C19H21N3O. The number of fused-ring (bicyclic) bond motifs is 1. The van der Waals surface area contributed by atoms with Crippen LogP contribution >= 0.6 is 0 Å². The van der Waals surface area contributed by atoms with E-state index >= 15 is 0 Å². The van der Waals surface area contributed by atoms with Crippen LogP contribution < -0.4 is 5.56 Å². The molecule has 0 saturated heterocycles. The predicted octanol–water partition coefficient (Wildman–Crippen LogP) is 3.58. The summed E-state index contributed by atoms with van der Waals surface area (Å²) in [4.78, 5) is 17.1. The summed E-state index contributed by atoms with van der Waals surface area (Å²) < 4.78 is 3.88. The maximum atomic E-state index is 12.3. The number of nitrogens with zero attached hydrogens (tertiary/aromatic N) is 3. The monoisotopic (exact) mass is 307 g/mol. The van der Waals surface area contributed by atoms with E-state index in [1.54, 1.807) is 10.5 Å². The molecule has 3 aromatic rings. The van der Waals surface area contributed by atoms with Crippen LogP contribution in [-0.4, -0.2) is 14.0 Å². The zero-order valence-corrected chi connectivity index (χ0v) is 13.6. The summed E-state index contributed by atoms with van der Waals surface area (Å²) in [6.07, 6.45) is 5.74. The first-order chi connectivity index (χ1) is 11.1. The SMILES string of the molecule is Cc1ccc(-c2cn3c(=O)cc(C)n(CC4CCC4)c3n2)cc1. The Hall–Kier alpha value is -2.36. The molecule has 1 fully saturated rings. The number of imidazole rings is 1. The first-order valence-electron chi connectivity index (χ1n) is 8.28. The van der Waals surface area contributed by atoms with Crippen LogP contribution in [-0.2, 0) is 6.54 Å². The Balaban J connectivity index is 1.85. The van der Waals surface area contributed by atoms with E-state index in [-0.39, 0.29) is 5.56 Å². The Labute approximate surface area is 135 Å². The molecule has 0 aliphatic heterocycles. The molecule has 1 saturated carbocycles. The highest BCUT2D eigenvalue weighted by molar-refractivity contribution is 5.61. The molecule has 0 unspecified atom stereocenters. The van der Waals surface area contributed by atoms with Gasteiger partial charge in [0, 0.05) is 30.1 Å². The molecule has 0 spiro atoms. The van der Waals surface area contributed by atoms with Crippen LogP contribution in [0.4, 0.5) is 0 Å². The largest absolute Gasteiger partial charge is 0.315 e. The van der Waals surface area contributed by atoms with E-state index in [0.29, 0.717) is 0 Å². The molecule has 1 aliphatic carbocycles. The van der Waals surface area contributed by atoms with Gasteiger partial charge in [0.2, 0.25) is 5.78 Å². The van der Waals surface area contributed by atoms with Crippen LogP contribution in [0.25, 0.3) is 17.0 Å². The Morgan fingerprint density at radius 2 is 1.91 bits per heavy atom. The molecule has 1 aliphatic rings. The van der Waals surface area contributed by atoms with E-state index in [0.717, 1.165) is 35.2 Å². The van der Waals surface area contributed by atoms with Crippen molar-refractivity contribution in [3.8, 4) is 11.3 Å². The zero-order valence-electron chi connectivity index (χ0n) is 13.6. The van der Waals surface area contributed by atoms with E-state index in [2.05, 4.69) is 35.8 Å². The van der Waals surface area contributed by atoms with Crippen LogP contribution in [0.3, 0.4) is 0 Å². The molecule has 4 nitrogen and oxygen atoms in total. The summed E-state index contributed by atoms with van der Waals surface area (Å²) in [5, 5.41) is 0. The van der Waals surface area contributed by atoms with Gasteiger partial charge in [-0.2, -0.15) is 0 Å². The van der Waals surface area contributed by atoms with Gasteiger partial charge < -0.3 is 4.57 Å². The quantitative estimate of drug-likeness (QED) is 0.742. The third-order valence-corrected chi connectivity index (χ3v) is 4.94. The molecule has 0 N–H and O–H groups in total. The molecule has 0 atom stereocenters. The topological polar surface area (TPSA) is 39.3 Å². The van der Waals surface area contributed by atoms with E-state index < -0.39 is 0 Å². The molecule has 2 aromatic heterocycles. The minimum Gasteiger partial charge on any atom is -0.315 e. The lowest BCUT2D eigenvalue weighted by molar-refractivity contribution is 0.276. The van der Waals surface area contributed by atoms with E-state index in [1.165, 1.54) is 24.8 Å². The molecule has 23 heavy (non-hydrogen) atoms. The number of aromatic nitrogens is 3. The highest BCUT2D eigenvalue weighted by atomic mass is 16.1. The molecule has 4 heteroatoms. The van der Waals surface area contributed by atoms with Gasteiger partial charge in [-0.3, -0.25) is 9.20 Å². The maximum absolute atomic E-state index is 12.3. The van der Waals surface area contributed by atoms with Gasteiger partial charge in [-0.25, -0.2) is 4.98 Å². The maximum Gasteiger partial charge on any atom is 0.259 e. The van der Waals surface area contributed by atoms with Crippen molar-refractivity contribution in [1.82, 2.24) is 14.0 Å². The zero-order chi connectivity index (χ0) is 16.0. The van der Waals surface area contributed by atoms with Crippen LogP contribution in [0.1, 0.15) is 30.5 Å². The number of hydrogen-bond donors (Lipinski definition) is 0. The van der Waals surface area contributed by atoms with Crippen molar-refractivity contribution < 1.29 is 0 Å². The van der Waals surface area contributed by atoms with Crippen molar-refractivity contribution in [2.24, 2.45) is 5.92 Å².